The molecule has 1 aromatic heterocycles. The van der Waals surface area contributed by atoms with Crippen LogP contribution in [-0.4, -0.2) is 17.7 Å². The van der Waals surface area contributed by atoms with Crippen LogP contribution in [0.4, 0.5) is 32.2 Å². The van der Waals surface area contributed by atoms with Gasteiger partial charge in [-0.25, -0.2) is 4.98 Å². The summed E-state index contributed by atoms with van der Waals surface area (Å²) in [6.45, 7) is 2.55. The van der Waals surface area contributed by atoms with Crippen molar-refractivity contribution in [2.45, 2.75) is 26.2 Å². The molecule has 0 aliphatic rings. The summed E-state index contributed by atoms with van der Waals surface area (Å²) in [4.78, 5) is 3.40. The van der Waals surface area contributed by atoms with Crippen molar-refractivity contribution in [2.75, 3.05) is 11.9 Å². The minimum Gasteiger partial charge on any atom is -0.361 e. The second-order valence-electron chi connectivity index (χ2n) is 3.02. The van der Waals surface area contributed by atoms with E-state index in [9.17, 15) is 26.3 Å². The summed E-state index contributed by atoms with van der Waals surface area (Å²) >= 11 is 2.62. The van der Waals surface area contributed by atoms with E-state index in [4.69, 9.17) is 0 Å². The summed E-state index contributed by atoms with van der Waals surface area (Å²) in [7, 11) is 0. The number of halogens is 7. The first-order valence-electron chi connectivity index (χ1n) is 5.13. The van der Waals surface area contributed by atoms with Crippen LogP contribution in [0, 0.1) is 0 Å². The number of hydrogen-bond donors (Lipinski definition) is 1. The minimum absolute atomic E-state index is 0.331. The highest BCUT2D eigenvalue weighted by atomic mass is 79.9. The molecule has 19 heavy (non-hydrogen) atoms. The lowest BCUT2D eigenvalue weighted by molar-refractivity contribution is -0.138. The van der Waals surface area contributed by atoms with E-state index in [1.165, 1.54) is 0 Å². The van der Waals surface area contributed by atoms with Crippen LogP contribution in [0.5, 0.6) is 0 Å². The molecule has 0 spiro atoms. The van der Waals surface area contributed by atoms with Crippen LogP contribution in [-0.2, 0) is 6.18 Å². The molecule has 0 aromatic carbocycles. The molecule has 1 N–H and O–H groups in total. The van der Waals surface area contributed by atoms with Gasteiger partial charge in [0, 0.05) is 10.7 Å². The van der Waals surface area contributed by atoms with E-state index in [2.05, 4.69) is 20.9 Å². The van der Waals surface area contributed by atoms with Crippen LogP contribution in [0.1, 0.15) is 19.4 Å². The van der Waals surface area contributed by atoms with Crippen LogP contribution >= 0.6 is 15.9 Å². The number of alkyl halides is 6. The van der Waals surface area contributed by atoms with E-state index in [0.29, 0.717) is 6.07 Å². The zero-order valence-electron chi connectivity index (χ0n) is 9.95. The molecule has 0 saturated carbocycles. The van der Waals surface area contributed by atoms with Gasteiger partial charge in [-0.2, -0.15) is 26.3 Å². The Labute approximate surface area is 114 Å². The fraction of sp³-hybridized carbons (Fsp3) is 0.500. The van der Waals surface area contributed by atoms with Crippen molar-refractivity contribution in [3.8, 4) is 0 Å². The maximum absolute atomic E-state index is 12.4. The van der Waals surface area contributed by atoms with Gasteiger partial charge in [0.25, 0.3) is 0 Å². The topological polar surface area (TPSA) is 24.9 Å². The van der Waals surface area contributed by atoms with Gasteiger partial charge in [-0.15, -0.1) is 0 Å². The van der Waals surface area contributed by atoms with Crippen LogP contribution in [0.25, 0.3) is 0 Å². The first-order valence-corrected chi connectivity index (χ1v) is 5.92. The Morgan fingerprint density at radius 1 is 1.16 bits per heavy atom. The maximum Gasteiger partial charge on any atom is 0.417 e. The van der Waals surface area contributed by atoms with Crippen molar-refractivity contribution in [3.05, 3.63) is 22.3 Å². The van der Waals surface area contributed by atoms with Gasteiger partial charge in [0.15, 0.2) is 0 Å². The van der Waals surface area contributed by atoms with E-state index in [1.807, 2.05) is 13.8 Å². The normalized spacial score (nSPS) is 11.6. The standard InChI is InChI=1S/C8H5BrF6N2.C2H6/c9-5-2-16-6(17-3-7(10,11)12)1-4(5)8(13,14)15;1-2/h1-2H,3H2,(H,16,17);1-2H3. The van der Waals surface area contributed by atoms with E-state index in [1.54, 1.807) is 5.32 Å². The predicted octanol–water partition coefficient (Wildman–Crippen LogP) is 4.86. The molecule has 0 unspecified atom stereocenters. The molecular formula is C10H11BrF6N2. The van der Waals surface area contributed by atoms with E-state index < -0.39 is 30.3 Å². The van der Waals surface area contributed by atoms with Crippen molar-refractivity contribution in [3.63, 3.8) is 0 Å². The molecule has 0 fully saturated rings. The molecule has 0 aliphatic heterocycles. The lowest BCUT2D eigenvalue weighted by atomic mass is 10.2. The third-order valence-corrected chi connectivity index (χ3v) is 2.26. The van der Waals surface area contributed by atoms with Crippen LogP contribution in [0.15, 0.2) is 16.7 Å². The molecule has 0 amide bonds. The van der Waals surface area contributed by atoms with Gasteiger partial charge >= 0.3 is 12.4 Å². The second kappa shape index (κ2) is 6.97. The molecule has 0 radical (unpaired) electrons. The van der Waals surface area contributed by atoms with Crippen molar-refractivity contribution in [1.82, 2.24) is 4.98 Å². The molecule has 9 heteroatoms. The molecular weight excluding hydrogens is 342 g/mol. The molecule has 0 aliphatic carbocycles. The molecule has 1 rings (SSSR count). The number of nitrogens with one attached hydrogen (secondary N) is 1. The Bertz CT molecular complexity index is 402. The average Bonchev–Trinajstić information content (AvgIpc) is 2.28. The van der Waals surface area contributed by atoms with Crippen molar-refractivity contribution < 1.29 is 26.3 Å². The highest BCUT2D eigenvalue weighted by Crippen LogP contribution is 2.35. The minimum atomic E-state index is -4.66. The average molecular weight is 353 g/mol. The Balaban J connectivity index is 0.00000154. The zero-order chi connectivity index (χ0) is 15.3. The van der Waals surface area contributed by atoms with Gasteiger partial charge in [0.05, 0.1) is 5.56 Å². The van der Waals surface area contributed by atoms with Crippen LogP contribution in [0.2, 0.25) is 0 Å². The van der Waals surface area contributed by atoms with Crippen LogP contribution < -0.4 is 5.32 Å². The SMILES string of the molecule is CC.FC(F)(F)CNc1cc(C(F)(F)F)c(Br)cn1. The van der Waals surface area contributed by atoms with Crippen molar-refractivity contribution in [1.29, 1.82) is 0 Å². The lowest BCUT2D eigenvalue weighted by Crippen LogP contribution is -2.22. The number of aromatic nitrogens is 1. The third kappa shape index (κ3) is 6.65. The summed E-state index contributed by atoms with van der Waals surface area (Å²) in [6.07, 6.45) is -8.38. The predicted molar refractivity (Wildman–Crippen MR) is 62.8 cm³/mol. The summed E-state index contributed by atoms with van der Waals surface area (Å²) in [5.74, 6) is -0.488. The van der Waals surface area contributed by atoms with Gasteiger partial charge in [-0.05, 0) is 22.0 Å². The first-order chi connectivity index (χ1) is 8.59. The van der Waals surface area contributed by atoms with Gasteiger partial charge in [-0.1, -0.05) is 13.8 Å². The Hall–Kier alpha value is -0.990. The van der Waals surface area contributed by atoms with E-state index in [0.717, 1.165) is 6.20 Å². The Kier molecular flexibility index (Phi) is 6.61. The van der Waals surface area contributed by atoms with E-state index >= 15 is 0 Å². The molecule has 0 bridgehead atoms. The Morgan fingerprint density at radius 2 is 1.68 bits per heavy atom. The maximum atomic E-state index is 12.4. The zero-order valence-corrected chi connectivity index (χ0v) is 11.5. The summed E-state index contributed by atoms with van der Waals surface area (Å²) in [6, 6.07) is 0.510. The fourth-order valence-electron chi connectivity index (χ4n) is 0.943. The molecule has 0 atom stereocenters. The summed E-state index contributed by atoms with van der Waals surface area (Å²) < 4.78 is 72.4. The smallest absolute Gasteiger partial charge is 0.361 e. The van der Waals surface area contributed by atoms with Crippen molar-refractivity contribution in [2.24, 2.45) is 0 Å². The van der Waals surface area contributed by atoms with Gasteiger partial charge in [0.2, 0.25) is 0 Å². The lowest BCUT2D eigenvalue weighted by Gasteiger charge is -2.12. The number of rotatable bonds is 2. The van der Waals surface area contributed by atoms with Gasteiger partial charge in [0.1, 0.15) is 12.4 Å². The second-order valence-corrected chi connectivity index (χ2v) is 3.87. The number of hydrogen-bond acceptors (Lipinski definition) is 2. The monoisotopic (exact) mass is 352 g/mol. The van der Waals surface area contributed by atoms with Crippen LogP contribution in [0.3, 0.4) is 0 Å². The fourth-order valence-corrected chi connectivity index (χ4v) is 1.39. The summed E-state index contributed by atoms with van der Waals surface area (Å²) in [5.41, 5.74) is -1.09. The van der Waals surface area contributed by atoms with Gasteiger partial charge in [-0.3, -0.25) is 0 Å². The van der Waals surface area contributed by atoms with Gasteiger partial charge < -0.3 is 5.32 Å². The third-order valence-electron chi connectivity index (χ3n) is 1.63. The van der Waals surface area contributed by atoms with E-state index in [-0.39, 0.29) is 4.47 Å². The molecule has 1 aromatic rings. The number of pyridine rings is 1. The van der Waals surface area contributed by atoms with Crippen molar-refractivity contribution >= 4 is 21.7 Å². The molecule has 110 valence electrons. The first kappa shape index (κ1) is 18.0. The quantitative estimate of drug-likeness (QED) is 0.768. The molecule has 2 nitrogen and oxygen atoms in total. The molecule has 0 saturated heterocycles. The molecule has 1 heterocycles. The number of nitrogens with zero attached hydrogens (tertiary/aromatic N) is 1. The number of anilines is 1. The largest absolute Gasteiger partial charge is 0.417 e. The highest BCUT2D eigenvalue weighted by Gasteiger charge is 2.34. The Morgan fingerprint density at radius 3 is 2.11 bits per heavy atom. The summed E-state index contributed by atoms with van der Waals surface area (Å²) in [5, 5.41) is 1.77. The highest BCUT2D eigenvalue weighted by molar-refractivity contribution is 9.10.